The lowest BCUT2D eigenvalue weighted by Gasteiger charge is -2.12. The van der Waals surface area contributed by atoms with Gasteiger partial charge in [-0.1, -0.05) is 103 Å². The molecule has 0 radical (unpaired) electrons. The van der Waals surface area contributed by atoms with Crippen LogP contribution in [0.4, 0.5) is 0 Å². The average Bonchev–Trinajstić information content (AvgIpc) is 3.86. The summed E-state index contributed by atoms with van der Waals surface area (Å²) in [6.07, 6.45) is 3.87. The molecule has 11 rings (SSSR count). The van der Waals surface area contributed by atoms with Crippen molar-refractivity contribution >= 4 is 75.1 Å². The number of pyridine rings is 1. The van der Waals surface area contributed by atoms with E-state index in [0.29, 0.717) is 0 Å². The van der Waals surface area contributed by atoms with Crippen molar-refractivity contribution < 1.29 is 0 Å². The highest BCUT2D eigenvalue weighted by Gasteiger charge is 2.17. The zero-order valence-corrected chi connectivity index (χ0v) is 28.3. The fraction of sp³-hybridized carbons (Fsp3) is 0. The standard InChI is InChI=1S/C47H29N3S/c1-4-19-42-36(14-1)37-15-2-5-20-43(37)50(42)34-22-23-45-40(28-34)38-16-3-6-21-44(38)49(45)33-13-8-11-31(27-33)30-10-7-12-32(26-30)35-17-9-18-39-41-29-48-25-24-46(41)51-47(35)39/h1-29H. The molecule has 0 amide bonds. The van der Waals surface area contributed by atoms with Crippen molar-refractivity contribution in [1.29, 1.82) is 0 Å². The van der Waals surface area contributed by atoms with Crippen molar-refractivity contribution in [2.24, 2.45) is 0 Å². The quantitative estimate of drug-likeness (QED) is 0.183. The first-order valence-electron chi connectivity index (χ1n) is 17.3. The molecular formula is C47H29N3S. The average molecular weight is 668 g/mol. The van der Waals surface area contributed by atoms with Gasteiger partial charge in [0.1, 0.15) is 0 Å². The minimum Gasteiger partial charge on any atom is -0.309 e. The van der Waals surface area contributed by atoms with Crippen molar-refractivity contribution in [3.05, 3.63) is 176 Å². The van der Waals surface area contributed by atoms with Gasteiger partial charge in [-0.05, 0) is 82.9 Å². The predicted octanol–water partition coefficient (Wildman–Crippen LogP) is 13.0. The molecule has 0 N–H and O–H groups in total. The lowest BCUT2D eigenvalue weighted by molar-refractivity contribution is 1.17. The van der Waals surface area contributed by atoms with Crippen LogP contribution in [-0.2, 0) is 0 Å². The van der Waals surface area contributed by atoms with Crippen molar-refractivity contribution in [2.75, 3.05) is 0 Å². The van der Waals surface area contributed by atoms with Gasteiger partial charge in [0.15, 0.2) is 0 Å². The number of rotatable bonds is 4. The Kier molecular flexibility index (Phi) is 6.12. The van der Waals surface area contributed by atoms with Crippen LogP contribution in [0.25, 0.3) is 97.4 Å². The molecule has 0 spiro atoms. The first-order valence-corrected chi connectivity index (χ1v) is 18.1. The highest BCUT2D eigenvalue weighted by Crippen LogP contribution is 2.41. The van der Waals surface area contributed by atoms with E-state index in [-0.39, 0.29) is 0 Å². The third-order valence-electron chi connectivity index (χ3n) is 10.4. The van der Waals surface area contributed by atoms with Crippen LogP contribution in [0.15, 0.2) is 176 Å². The maximum Gasteiger partial charge on any atom is 0.0542 e. The van der Waals surface area contributed by atoms with Gasteiger partial charge >= 0.3 is 0 Å². The summed E-state index contributed by atoms with van der Waals surface area (Å²) in [5, 5.41) is 7.51. The summed E-state index contributed by atoms with van der Waals surface area (Å²) in [5.41, 5.74) is 12.0. The second-order valence-electron chi connectivity index (χ2n) is 13.2. The normalized spacial score (nSPS) is 11.9. The zero-order chi connectivity index (χ0) is 33.5. The van der Waals surface area contributed by atoms with Crippen molar-refractivity contribution in [1.82, 2.24) is 14.1 Å². The number of benzene rings is 7. The van der Waals surface area contributed by atoms with Gasteiger partial charge in [-0.2, -0.15) is 0 Å². The largest absolute Gasteiger partial charge is 0.309 e. The molecule has 4 heteroatoms. The van der Waals surface area contributed by atoms with Crippen LogP contribution in [0.5, 0.6) is 0 Å². The first-order chi connectivity index (χ1) is 25.3. The van der Waals surface area contributed by atoms with Crippen LogP contribution >= 0.6 is 11.3 Å². The maximum atomic E-state index is 4.40. The summed E-state index contributed by atoms with van der Waals surface area (Å²) in [6.45, 7) is 0. The van der Waals surface area contributed by atoms with Gasteiger partial charge in [-0.15, -0.1) is 11.3 Å². The van der Waals surface area contributed by atoms with Crippen LogP contribution in [0, 0.1) is 0 Å². The van der Waals surface area contributed by atoms with E-state index in [9.17, 15) is 0 Å². The van der Waals surface area contributed by atoms with Gasteiger partial charge in [0.2, 0.25) is 0 Å². The maximum absolute atomic E-state index is 4.40. The summed E-state index contributed by atoms with van der Waals surface area (Å²) < 4.78 is 7.39. The predicted molar refractivity (Wildman–Crippen MR) is 217 cm³/mol. The molecule has 0 saturated heterocycles. The van der Waals surface area contributed by atoms with Gasteiger partial charge in [-0.3, -0.25) is 4.98 Å². The minimum atomic E-state index is 1.15. The van der Waals surface area contributed by atoms with Gasteiger partial charge in [0.25, 0.3) is 0 Å². The molecule has 238 valence electrons. The van der Waals surface area contributed by atoms with E-state index in [1.807, 2.05) is 23.7 Å². The molecule has 0 unspecified atom stereocenters. The summed E-state index contributed by atoms with van der Waals surface area (Å²) in [5.74, 6) is 0. The molecule has 0 aliphatic carbocycles. The topological polar surface area (TPSA) is 22.8 Å². The molecule has 3 nitrogen and oxygen atoms in total. The highest BCUT2D eigenvalue weighted by molar-refractivity contribution is 7.26. The van der Waals surface area contributed by atoms with Crippen molar-refractivity contribution in [2.45, 2.75) is 0 Å². The molecule has 4 aromatic heterocycles. The van der Waals surface area contributed by atoms with E-state index >= 15 is 0 Å². The monoisotopic (exact) mass is 667 g/mol. The van der Waals surface area contributed by atoms with Crippen LogP contribution in [-0.4, -0.2) is 14.1 Å². The summed E-state index contributed by atoms with van der Waals surface area (Å²) in [7, 11) is 0. The third kappa shape index (κ3) is 4.27. The Morgan fingerprint density at radius 1 is 0.392 bits per heavy atom. The van der Waals surface area contributed by atoms with Crippen LogP contribution in [0.2, 0.25) is 0 Å². The molecule has 11 aromatic rings. The number of thiophene rings is 1. The van der Waals surface area contributed by atoms with Gasteiger partial charge in [-0.25, -0.2) is 0 Å². The zero-order valence-electron chi connectivity index (χ0n) is 27.5. The Morgan fingerprint density at radius 3 is 1.71 bits per heavy atom. The summed E-state index contributed by atoms with van der Waals surface area (Å²) >= 11 is 1.84. The first kappa shape index (κ1) is 28.4. The molecule has 51 heavy (non-hydrogen) atoms. The van der Waals surface area contributed by atoms with Crippen molar-refractivity contribution in [3.8, 4) is 33.6 Å². The lowest BCUT2D eigenvalue weighted by atomic mass is 9.98. The Labute approximate surface area is 297 Å². The van der Waals surface area contributed by atoms with Gasteiger partial charge < -0.3 is 9.13 Å². The van der Waals surface area contributed by atoms with E-state index in [0.717, 1.165) is 5.69 Å². The Morgan fingerprint density at radius 2 is 0.961 bits per heavy atom. The van der Waals surface area contributed by atoms with Crippen LogP contribution < -0.4 is 0 Å². The van der Waals surface area contributed by atoms with Gasteiger partial charge in [0.05, 0.1) is 22.1 Å². The minimum absolute atomic E-state index is 1.15. The van der Waals surface area contributed by atoms with E-state index in [1.165, 1.54) is 91.7 Å². The molecule has 0 fully saturated rings. The molecule has 0 aliphatic rings. The number of fused-ring (bicyclic) bond motifs is 9. The number of nitrogens with zero attached hydrogens (tertiary/aromatic N) is 3. The Bertz CT molecular complexity index is 3100. The third-order valence-corrected chi connectivity index (χ3v) is 11.6. The Hall–Kier alpha value is -6.49. The fourth-order valence-electron chi connectivity index (χ4n) is 8.14. The smallest absolute Gasteiger partial charge is 0.0542 e. The van der Waals surface area contributed by atoms with Crippen LogP contribution in [0.3, 0.4) is 0 Å². The van der Waals surface area contributed by atoms with E-state index in [1.54, 1.807) is 0 Å². The lowest BCUT2D eigenvalue weighted by Crippen LogP contribution is -1.96. The summed E-state index contributed by atoms with van der Waals surface area (Å²) in [4.78, 5) is 4.40. The molecule has 0 aliphatic heterocycles. The number of hydrogen-bond acceptors (Lipinski definition) is 2. The molecule has 0 bridgehead atoms. The SMILES string of the molecule is c1cc(-c2cccc(-n3c4ccccc4c4cc(-n5c6ccccc6c6ccccc65)ccc43)c2)cc(-c2cccc3c2sc2ccncc23)c1. The highest BCUT2D eigenvalue weighted by atomic mass is 32.1. The molecular weight excluding hydrogens is 639 g/mol. The van der Waals surface area contributed by atoms with E-state index in [2.05, 4.69) is 178 Å². The second kappa shape index (κ2) is 11.0. The second-order valence-corrected chi connectivity index (χ2v) is 14.3. The van der Waals surface area contributed by atoms with Gasteiger partial charge in [0, 0.05) is 65.5 Å². The van der Waals surface area contributed by atoms with E-state index < -0.39 is 0 Å². The molecule has 0 atom stereocenters. The summed E-state index contributed by atoms with van der Waals surface area (Å²) in [6, 6.07) is 59.8. The number of hydrogen-bond donors (Lipinski definition) is 0. The molecule has 4 heterocycles. The van der Waals surface area contributed by atoms with E-state index in [4.69, 9.17) is 0 Å². The number of para-hydroxylation sites is 3. The molecule has 7 aromatic carbocycles. The Balaban J connectivity index is 1.06. The fourth-order valence-corrected chi connectivity index (χ4v) is 9.34. The number of aromatic nitrogens is 3. The van der Waals surface area contributed by atoms with Crippen molar-refractivity contribution in [3.63, 3.8) is 0 Å². The van der Waals surface area contributed by atoms with Crippen LogP contribution in [0.1, 0.15) is 0 Å². The molecule has 0 saturated carbocycles.